The van der Waals surface area contributed by atoms with Crippen molar-refractivity contribution < 1.29 is 4.39 Å². The normalized spacial score (nSPS) is 22.5. The SMILES string of the molecule is CC1Nc2ccc(F)cc2C1CCN1CCN(c2ccccc2)CC1.Cl. The molecule has 2 aromatic rings. The molecule has 1 N–H and O–H groups in total. The van der Waals surface area contributed by atoms with Crippen molar-refractivity contribution in [3.05, 3.63) is 59.9 Å². The van der Waals surface area contributed by atoms with Gasteiger partial charge in [0.05, 0.1) is 0 Å². The smallest absolute Gasteiger partial charge is 0.123 e. The second kappa shape index (κ2) is 8.28. The minimum Gasteiger partial charge on any atom is -0.382 e. The fourth-order valence-electron chi connectivity index (χ4n) is 4.18. The highest BCUT2D eigenvalue weighted by molar-refractivity contribution is 5.85. The topological polar surface area (TPSA) is 18.5 Å². The van der Waals surface area contributed by atoms with Crippen LogP contribution in [-0.4, -0.2) is 43.7 Å². The van der Waals surface area contributed by atoms with Crippen LogP contribution >= 0.6 is 12.4 Å². The van der Waals surface area contributed by atoms with E-state index in [1.807, 2.05) is 6.07 Å². The summed E-state index contributed by atoms with van der Waals surface area (Å²) in [7, 11) is 0. The van der Waals surface area contributed by atoms with Crippen LogP contribution < -0.4 is 10.2 Å². The van der Waals surface area contributed by atoms with Gasteiger partial charge < -0.3 is 10.2 Å². The van der Waals surface area contributed by atoms with Crippen molar-refractivity contribution >= 4 is 23.8 Å². The minimum absolute atomic E-state index is 0. The average Bonchev–Trinajstić information content (AvgIpc) is 2.96. The number of halogens is 2. The van der Waals surface area contributed by atoms with E-state index in [0.717, 1.165) is 50.4 Å². The van der Waals surface area contributed by atoms with Crippen molar-refractivity contribution in [2.45, 2.75) is 25.3 Å². The number of rotatable bonds is 4. The van der Waals surface area contributed by atoms with Gasteiger partial charge in [-0.3, -0.25) is 4.90 Å². The molecule has 2 atom stereocenters. The summed E-state index contributed by atoms with van der Waals surface area (Å²) >= 11 is 0. The first-order chi connectivity index (χ1) is 12.2. The maximum atomic E-state index is 13.6. The number of nitrogens with zero attached hydrogens (tertiary/aromatic N) is 2. The van der Waals surface area contributed by atoms with Gasteiger partial charge in [0.1, 0.15) is 5.82 Å². The van der Waals surface area contributed by atoms with Crippen molar-refractivity contribution in [2.24, 2.45) is 0 Å². The molecule has 1 fully saturated rings. The lowest BCUT2D eigenvalue weighted by Gasteiger charge is -2.36. The van der Waals surface area contributed by atoms with Gasteiger partial charge in [0, 0.05) is 49.5 Å². The van der Waals surface area contributed by atoms with E-state index < -0.39 is 0 Å². The van der Waals surface area contributed by atoms with Crippen molar-refractivity contribution in [3.63, 3.8) is 0 Å². The third-order valence-corrected chi connectivity index (χ3v) is 5.65. The molecular formula is C21H27ClFN3. The quantitative estimate of drug-likeness (QED) is 0.856. The van der Waals surface area contributed by atoms with Gasteiger partial charge in [0.25, 0.3) is 0 Å². The van der Waals surface area contributed by atoms with Gasteiger partial charge >= 0.3 is 0 Å². The van der Waals surface area contributed by atoms with Crippen LogP contribution in [0.1, 0.15) is 24.8 Å². The second-order valence-electron chi connectivity index (χ2n) is 7.22. The van der Waals surface area contributed by atoms with E-state index in [9.17, 15) is 4.39 Å². The molecule has 5 heteroatoms. The average molecular weight is 376 g/mol. The summed E-state index contributed by atoms with van der Waals surface area (Å²) in [4.78, 5) is 5.00. The van der Waals surface area contributed by atoms with Crippen LogP contribution in [0.4, 0.5) is 15.8 Å². The molecule has 0 aliphatic carbocycles. The number of benzene rings is 2. The summed E-state index contributed by atoms with van der Waals surface area (Å²) in [6.07, 6.45) is 1.08. The standard InChI is InChI=1S/C21H26FN3.ClH/c1-16-19(20-15-17(22)7-8-21(20)23-16)9-10-24-11-13-25(14-12-24)18-5-3-2-4-6-18;/h2-8,15-16,19,23H,9-14H2,1H3;1H. The van der Waals surface area contributed by atoms with Crippen LogP contribution in [0, 0.1) is 5.82 Å². The van der Waals surface area contributed by atoms with E-state index in [-0.39, 0.29) is 18.2 Å². The molecular weight excluding hydrogens is 349 g/mol. The van der Waals surface area contributed by atoms with Gasteiger partial charge in [-0.05, 0) is 55.8 Å². The molecule has 2 unspecified atom stereocenters. The van der Waals surface area contributed by atoms with E-state index >= 15 is 0 Å². The van der Waals surface area contributed by atoms with Crippen LogP contribution in [0.15, 0.2) is 48.5 Å². The molecule has 0 radical (unpaired) electrons. The summed E-state index contributed by atoms with van der Waals surface area (Å²) in [6.45, 7) is 7.63. The molecule has 2 aliphatic heterocycles. The van der Waals surface area contributed by atoms with E-state index in [1.165, 1.54) is 5.69 Å². The number of piperazine rings is 1. The number of nitrogens with one attached hydrogen (secondary N) is 1. The molecule has 4 rings (SSSR count). The molecule has 2 aromatic carbocycles. The highest BCUT2D eigenvalue weighted by atomic mass is 35.5. The number of hydrogen-bond donors (Lipinski definition) is 1. The van der Waals surface area contributed by atoms with Gasteiger partial charge in [0.15, 0.2) is 0 Å². The number of fused-ring (bicyclic) bond motifs is 1. The van der Waals surface area contributed by atoms with Gasteiger partial charge in [-0.15, -0.1) is 12.4 Å². The molecule has 140 valence electrons. The van der Waals surface area contributed by atoms with Crippen molar-refractivity contribution in [1.29, 1.82) is 0 Å². The monoisotopic (exact) mass is 375 g/mol. The summed E-state index contributed by atoms with van der Waals surface area (Å²) in [6, 6.07) is 16.2. The molecule has 2 heterocycles. The third kappa shape index (κ3) is 3.97. The van der Waals surface area contributed by atoms with Crippen LogP contribution in [0.2, 0.25) is 0 Å². The Morgan fingerprint density at radius 1 is 1.04 bits per heavy atom. The second-order valence-corrected chi connectivity index (χ2v) is 7.22. The third-order valence-electron chi connectivity index (χ3n) is 5.65. The van der Waals surface area contributed by atoms with E-state index in [2.05, 4.69) is 52.4 Å². The summed E-state index contributed by atoms with van der Waals surface area (Å²) < 4.78 is 13.6. The molecule has 0 spiro atoms. The fourth-order valence-corrected chi connectivity index (χ4v) is 4.18. The van der Waals surface area contributed by atoms with Crippen LogP contribution in [-0.2, 0) is 0 Å². The lowest BCUT2D eigenvalue weighted by atomic mass is 9.92. The zero-order valence-corrected chi connectivity index (χ0v) is 16.0. The molecule has 0 aromatic heterocycles. The highest BCUT2D eigenvalue weighted by Gasteiger charge is 2.29. The number of hydrogen-bond acceptors (Lipinski definition) is 3. The maximum absolute atomic E-state index is 13.6. The number of anilines is 2. The fraction of sp³-hybridized carbons (Fsp3) is 0.429. The molecule has 0 amide bonds. The first kappa shape index (κ1) is 19.0. The summed E-state index contributed by atoms with van der Waals surface area (Å²) in [5, 5.41) is 3.50. The predicted octanol–water partition coefficient (Wildman–Crippen LogP) is 4.36. The van der Waals surface area contributed by atoms with E-state index in [0.29, 0.717) is 12.0 Å². The van der Waals surface area contributed by atoms with Gasteiger partial charge in [-0.2, -0.15) is 0 Å². The molecule has 2 aliphatic rings. The zero-order chi connectivity index (χ0) is 17.2. The van der Waals surface area contributed by atoms with Gasteiger partial charge in [-0.25, -0.2) is 4.39 Å². The summed E-state index contributed by atoms with van der Waals surface area (Å²) in [5.41, 5.74) is 3.57. The Hall–Kier alpha value is -1.78. The van der Waals surface area contributed by atoms with Crippen LogP contribution in [0.25, 0.3) is 0 Å². The Labute approximate surface area is 161 Å². The van der Waals surface area contributed by atoms with E-state index in [1.54, 1.807) is 12.1 Å². The van der Waals surface area contributed by atoms with E-state index in [4.69, 9.17) is 0 Å². The van der Waals surface area contributed by atoms with Crippen molar-refractivity contribution in [3.8, 4) is 0 Å². The number of para-hydroxylation sites is 1. The maximum Gasteiger partial charge on any atom is 0.123 e. The Balaban J connectivity index is 0.00000196. The van der Waals surface area contributed by atoms with Gasteiger partial charge in [-0.1, -0.05) is 18.2 Å². The Morgan fingerprint density at radius 2 is 1.77 bits per heavy atom. The molecule has 1 saturated heterocycles. The Morgan fingerprint density at radius 3 is 2.50 bits per heavy atom. The first-order valence-electron chi connectivity index (χ1n) is 9.29. The zero-order valence-electron chi connectivity index (χ0n) is 15.2. The molecule has 3 nitrogen and oxygen atoms in total. The minimum atomic E-state index is -0.129. The van der Waals surface area contributed by atoms with Crippen LogP contribution in [0.3, 0.4) is 0 Å². The largest absolute Gasteiger partial charge is 0.382 e. The molecule has 26 heavy (non-hydrogen) atoms. The van der Waals surface area contributed by atoms with Gasteiger partial charge in [0.2, 0.25) is 0 Å². The van der Waals surface area contributed by atoms with Crippen LogP contribution in [0.5, 0.6) is 0 Å². The van der Waals surface area contributed by atoms with Crippen molar-refractivity contribution in [2.75, 3.05) is 42.9 Å². The molecule has 0 bridgehead atoms. The summed E-state index contributed by atoms with van der Waals surface area (Å²) in [5.74, 6) is 0.272. The molecule has 0 saturated carbocycles. The van der Waals surface area contributed by atoms with Crippen molar-refractivity contribution in [1.82, 2.24) is 4.90 Å². The highest BCUT2D eigenvalue weighted by Crippen LogP contribution is 2.38. The lowest BCUT2D eigenvalue weighted by molar-refractivity contribution is 0.247. The Kier molecular flexibility index (Phi) is 6.05. The Bertz CT molecular complexity index is 716. The predicted molar refractivity (Wildman–Crippen MR) is 109 cm³/mol. The lowest BCUT2D eigenvalue weighted by Crippen LogP contribution is -2.47. The first-order valence-corrected chi connectivity index (χ1v) is 9.29.